The summed E-state index contributed by atoms with van der Waals surface area (Å²) in [5.74, 6) is 0. The molecule has 0 saturated carbocycles. The lowest BCUT2D eigenvalue weighted by Crippen LogP contribution is -1.79. The maximum Gasteiger partial charge on any atom is -0.0381 e. The largest absolute Gasteiger partial charge is 0.138 e. The second kappa shape index (κ2) is 9.43. The molecular weight excluding hydrogens is 139 g/mol. The van der Waals surface area contributed by atoms with Crippen LogP contribution in [0, 0.1) is 0 Å². The quantitative estimate of drug-likeness (QED) is 0.394. The van der Waals surface area contributed by atoms with Crippen molar-refractivity contribution in [2.75, 3.05) is 6.16 Å². The van der Waals surface area contributed by atoms with Crippen molar-refractivity contribution in [3.63, 3.8) is 0 Å². The van der Waals surface area contributed by atoms with E-state index in [1.165, 1.54) is 51.1 Å². The van der Waals surface area contributed by atoms with Crippen LogP contribution in [0.15, 0.2) is 0 Å². The highest BCUT2D eigenvalue weighted by molar-refractivity contribution is 7.16. The van der Waals surface area contributed by atoms with E-state index in [1.807, 2.05) is 0 Å². The number of hydrogen-bond donors (Lipinski definition) is 0. The maximum atomic E-state index is 2.79. The van der Waals surface area contributed by atoms with Crippen LogP contribution in [-0.4, -0.2) is 6.16 Å². The molecular formula is C9H21P. The summed E-state index contributed by atoms with van der Waals surface area (Å²) >= 11 is 0. The summed E-state index contributed by atoms with van der Waals surface area (Å²) in [6, 6.07) is 0. The smallest absolute Gasteiger partial charge is 0.0381 e. The third-order valence-electron chi connectivity index (χ3n) is 1.81. The van der Waals surface area contributed by atoms with Gasteiger partial charge >= 0.3 is 0 Å². The molecule has 0 aromatic heterocycles. The molecule has 0 aliphatic carbocycles. The minimum Gasteiger partial charge on any atom is -0.138 e. The molecule has 0 amide bonds. The zero-order valence-corrected chi connectivity index (χ0v) is 8.39. The van der Waals surface area contributed by atoms with Gasteiger partial charge in [0.05, 0.1) is 0 Å². The van der Waals surface area contributed by atoms with Crippen LogP contribution in [0.3, 0.4) is 0 Å². The van der Waals surface area contributed by atoms with Gasteiger partial charge in [-0.1, -0.05) is 45.4 Å². The zero-order chi connectivity index (χ0) is 7.66. The Morgan fingerprint density at radius 2 is 1.30 bits per heavy atom. The molecule has 62 valence electrons. The fourth-order valence-corrected chi connectivity index (χ4v) is 1.39. The van der Waals surface area contributed by atoms with Crippen molar-refractivity contribution in [3.8, 4) is 0 Å². The summed E-state index contributed by atoms with van der Waals surface area (Å²) in [5.41, 5.74) is 0. The molecule has 0 aliphatic rings. The molecule has 0 saturated heterocycles. The second-order valence-corrected chi connectivity index (χ2v) is 3.49. The van der Waals surface area contributed by atoms with Gasteiger partial charge in [-0.05, 0) is 12.6 Å². The Hall–Kier alpha value is 0.430. The van der Waals surface area contributed by atoms with Crippen molar-refractivity contribution in [2.45, 2.75) is 51.9 Å². The second-order valence-electron chi connectivity index (χ2n) is 2.91. The van der Waals surface area contributed by atoms with E-state index in [2.05, 4.69) is 16.2 Å². The van der Waals surface area contributed by atoms with Crippen LogP contribution in [0.5, 0.6) is 0 Å². The van der Waals surface area contributed by atoms with Gasteiger partial charge in [-0.3, -0.25) is 0 Å². The monoisotopic (exact) mass is 160 g/mol. The lowest BCUT2D eigenvalue weighted by Gasteiger charge is -1.97. The van der Waals surface area contributed by atoms with Gasteiger partial charge in [-0.25, -0.2) is 0 Å². The van der Waals surface area contributed by atoms with Crippen molar-refractivity contribution in [1.29, 1.82) is 0 Å². The van der Waals surface area contributed by atoms with Gasteiger partial charge in [-0.2, -0.15) is 0 Å². The maximum absolute atomic E-state index is 2.79. The van der Waals surface area contributed by atoms with Gasteiger partial charge < -0.3 is 0 Å². The SMILES string of the molecule is CCCCCCCCCP. The molecule has 10 heavy (non-hydrogen) atoms. The molecule has 0 radical (unpaired) electrons. The minimum absolute atomic E-state index is 1.29. The standard InChI is InChI=1S/C9H21P/c1-2-3-4-5-6-7-8-9-10/h2-10H2,1H3. The third-order valence-corrected chi connectivity index (χ3v) is 2.22. The first-order chi connectivity index (χ1) is 4.91. The number of unbranched alkanes of at least 4 members (excludes halogenated alkanes) is 6. The highest BCUT2D eigenvalue weighted by Crippen LogP contribution is 2.07. The predicted molar refractivity (Wildman–Crippen MR) is 52.6 cm³/mol. The van der Waals surface area contributed by atoms with Crippen LogP contribution in [0.4, 0.5) is 0 Å². The molecule has 0 spiro atoms. The number of rotatable bonds is 7. The van der Waals surface area contributed by atoms with Gasteiger partial charge in [0.25, 0.3) is 0 Å². The average Bonchev–Trinajstić information content (AvgIpc) is 1.97. The fourth-order valence-electron chi connectivity index (χ4n) is 1.10. The molecule has 1 atom stereocenters. The normalized spacial score (nSPS) is 10.2. The Morgan fingerprint density at radius 1 is 0.800 bits per heavy atom. The van der Waals surface area contributed by atoms with Crippen molar-refractivity contribution in [1.82, 2.24) is 0 Å². The van der Waals surface area contributed by atoms with Crippen molar-refractivity contribution in [3.05, 3.63) is 0 Å². The van der Waals surface area contributed by atoms with Crippen LogP contribution in [0.25, 0.3) is 0 Å². The number of hydrogen-bond acceptors (Lipinski definition) is 0. The Labute approximate surface area is 68.0 Å². The van der Waals surface area contributed by atoms with Crippen LogP contribution in [0.2, 0.25) is 0 Å². The van der Waals surface area contributed by atoms with E-state index in [-0.39, 0.29) is 0 Å². The Kier molecular flexibility index (Phi) is 9.84. The van der Waals surface area contributed by atoms with Gasteiger partial charge in [0.2, 0.25) is 0 Å². The Bertz CT molecular complexity index is 44.7. The molecule has 0 heterocycles. The van der Waals surface area contributed by atoms with Crippen LogP contribution in [-0.2, 0) is 0 Å². The van der Waals surface area contributed by atoms with Crippen LogP contribution in [0.1, 0.15) is 51.9 Å². The van der Waals surface area contributed by atoms with Crippen molar-refractivity contribution >= 4 is 9.24 Å². The van der Waals surface area contributed by atoms with Crippen molar-refractivity contribution < 1.29 is 0 Å². The molecule has 1 unspecified atom stereocenters. The summed E-state index contributed by atoms with van der Waals surface area (Å²) in [4.78, 5) is 0. The summed E-state index contributed by atoms with van der Waals surface area (Å²) in [7, 11) is 2.79. The topological polar surface area (TPSA) is 0 Å². The van der Waals surface area contributed by atoms with Crippen LogP contribution >= 0.6 is 9.24 Å². The van der Waals surface area contributed by atoms with Crippen LogP contribution < -0.4 is 0 Å². The highest BCUT2D eigenvalue weighted by atomic mass is 31.0. The lowest BCUT2D eigenvalue weighted by atomic mass is 10.1. The van der Waals surface area contributed by atoms with Gasteiger partial charge in [0.1, 0.15) is 0 Å². The molecule has 0 aromatic carbocycles. The highest BCUT2D eigenvalue weighted by Gasteiger charge is 1.87. The molecule has 0 bridgehead atoms. The van der Waals surface area contributed by atoms with E-state index in [0.717, 1.165) is 0 Å². The van der Waals surface area contributed by atoms with Crippen molar-refractivity contribution in [2.24, 2.45) is 0 Å². The van der Waals surface area contributed by atoms with E-state index in [9.17, 15) is 0 Å². The predicted octanol–water partition coefficient (Wildman–Crippen LogP) is 3.61. The van der Waals surface area contributed by atoms with E-state index in [4.69, 9.17) is 0 Å². The summed E-state index contributed by atoms with van der Waals surface area (Å²) in [6.45, 7) is 2.27. The molecule has 0 aliphatic heterocycles. The molecule has 0 nitrogen and oxygen atoms in total. The Morgan fingerprint density at radius 3 is 1.80 bits per heavy atom. The summed E-state index contributed by atoms with van der Waals surface area (Å²) in [6.07, 6.45) is 11.3. The summed E-state index contributed by atoms with van der Waals surface area (Å²) in [5, 5.41) is 0. The molecule has 0 aromatic rings. The first-order valence-electron chi connectivity index (χ1n) is 4.62. The molecule has 0 N–H and O–H groups in total. The zero-order valence-electron chi connectivity index (χ0n) is 7.23. The molecule has 0 fully saturated rings. The van der Waals surface area contributed by atoms with Gasteiger partial charge in [0, 0.05) is 0 Å². The molecule has 1 heteroatoms. The molecule has 0 rings (SSSR count). The summed E-state index contributed by atoms with van der Waals surface area (Å²) < 4.78 is 0. The van der Waals surface area contributed by atoms with E-state index >= 15 is 0 Å². The van der Waals surface area contributed by atoms with Gasteiger partial charge in [-0.15, -0.1) is 9.24 Å². The fraction of sp³-hybridized carbons (Fsp3) is 1.00. The first kappa shape index (κ1) is 10.4. The lowest BCUT2D eigenvalue weighted by molar-refractivity contribution is 0.603. The average molecular weight is 160 g/mol. The van der Waals surface area contributed by atoms with E-state index in [0.29, 0.717) is 0 Å². The first-order valence-corrected chi connectivity index (χ1v) is 5.43. The minimum atomic E-state index is 1.29. The third kappa shape index (κ3) is 8.43. The van der Waals surface area contributed by atoms with Gasteiger partial charge in [0.15, 0.2) is 0 Å². The van der Waals surface area contributed by atoms with E-state index in [1.54, 1.807) is 0 Å². The van der Waals surface area contributed by atoms with E-state index < -0.39 is 0 Å². The Balaban J connectivity index is 2.65.